The summed E-state index contributed by atoms with van der Waals surface area (Å²) in [5.41, 5.74) is 5.20. The van der Waals surface area contributed by atoms with Crippen LogP contribution in [0.2, 0.25) is 0 Å². The van der Waals surface area contributed by atoms with Gasteiger partial charge < -0.3 is 0 Å². The van der Waals surface area contributed by atoms with E-state index in [1.165, 1.54) is 11.1 Å². The first kappa shape index (κ1) is 13.6. The molecule has 0 saturated carbocycles. The highest BCUT2D eigenvalue weighted by Gasteiger charge is 2.03. The second-order valence-electron chi connectivity index (χ2n) is 4.78. The molecule has 0 atom stereocenters. The molecule has 1 nitrogen and oxygen atoms in total. The van der Waals surface area contributed by atoms with Crippen molar-refractivity contribution in [3.05, 3.63) is 82.8 Å². The lowest BCUT2D eigenvalue weighted by Gasteiger charge is -2.06. The molecule has 0 amide bonds. The Kier molecular flexibility index (Phi) is 3.85. The number of nitrogens with zero attached hydrogens (tertiary/aromatic N) is 1. The standard InChI is InChI=1S/C19H12BrN/c20-19-11-14(13-21)10-18(12-19)17-8-6-16(7-9-17)15-4-2-1-3-5-15/h1-12H. The molecule has 0 unspecified atom stereocenters. The zero-order chi connectivity index (χ0) is 14.7. The molecule has 3 aromatic rings. The lowest BCUT2D eigenvalue weighted by molar-refractivity contribution is 1.47. The van der Waals surface area contributed by atoms with Gasteiger partial charge in [0.1, 0.15) is 0 Å². The van der Waals surface area contributed by atoms with Gasteiger partial charge in [-0.25, -0.2) is 0 Å². The third-order valence-corrected chi connectivity index (χ3v) is 3.81. The normalized spacial score (nSPS) is 10.1. The van der Waals surface area contributed by atoms with Crippen molar-refractivity contribution in [2.24, 2.45) is 0 Å². The van der Waals surface area contributed by atoms with Gasteiger partial charge in [0, 0.05) is 4.47 Å². The second-order valence-corrected chi connectivity index (χ2v) is 5.70. The summed E-state index contributed by atoms with van der Waals surface area (Å²) in [5, 5.41) is 9.06. The van der Waals surface area contributed by atoms with Crippen molar-refractivity contribution in [1.29, 1.82) is 5.26 Å². The molecule has 100 valence electrons. The van der Waals surface area contributed by atoms with Gasteiger partial charge in [0.2, 0.25) is 0 Å². The number of hydrogen-bond acceptors (Lipinski definition) is 1. The molecule has 0 N–H and O–H groups in total. The van der Waals surface area contributed by atoms with Gasteiger partial charge >= 0.3 is 0 Å². The zero-order valence-corrected chi connectivity index (χ0v) is 12.8. The van der Waals surface area contributed by atoms with Crippen molar-refractivity contribution in [1.82, 2.24) is 0 Å². The van der Waals surface area contributed by atoms with E-state index < -0.39 is 0 Å². The van der Waals surface area contributed by atoms with Crippen molar-refractivity contribution < 1.29 is 0 Å². The maximum Gasteiger partial charge on any atom is 0.0992 e. The summed E-state index contributed by atoms with van der Waals surface area (Å²) in [6.45, 7) is 0. The highest BCUT2D eigenvalue weighted by molar-refractivity contribution is 9.10. The molecule has 0 fully saturated rings. The monoisotopic (exact) mass is 333 g/mol. The van der Waals surface area contributed by atoms with Gasteiger partial charge in [-0.15, -0.1) is 0 Å². The highest BCUT2D eigenvalue weighted by Crippen LogP contribution is 2.27. The van der Waals surface area contributed by atoms with Crippen LogP contribution in [0.25, 0.3) is 22.3 Å². The van der Waals surface area contributed by atoms with Crippen LogP contribution < -0.4 is 0 Å². The van der Waals surface area contributed by atoms with Crippen LogP contribution in [-0.4, -0.2) is 0 Å². The topological polar surface area (TPSA) is 23.8 Å². The van der Waals surface area contributed by atoms with Crippen LogP contribution in [0.15, 0.2) is 77.3 Å². The van der Waals surface area contributed by atoms with E-state index >= 15 is 0 Å². The number of hydrogen-bond donors (Lipinski definition) is 0. The second kappa shape index (κ2) is 5.95. The minimum absolute atomic E-state index is 0.659. The quantitative estimate of drug-likeness (QED) is 0.594. The van der Waals surface area contributed by atoms with Crippen molar-refractivity contribution in [2.75, 3.05) is 0 Å². The fourth-order valence-electron chi connectivity index (χ4n) is 2.31. The van der Waals surface area contributed by atoms with Gasteiger partial charge in [-0.05, 0) is 40.5 Å². The average molecular weight is 334 g/mol. The Labute approximate surface area is 132 Å². The Morgan fingerprint density at radius 1 is 0.667 bits per heavy atom. The van der Waals surface area contributed by atoms with E-state index in [4.69, 9.17) is 5.26 Å². The van der Waals surface area contributed by atoms with Gasteiger partial charge in [0.25, 0.3) is 0 Å². The van der Waals surface area contributed by atoms with Crippen molar-refractivity contribution in [3.8, 4) is 28.3 Å². The molecular weight excluding hydrogens is 322 g/mol. The minimum atomic E-state index is 0.659. The molecule has 0 bridgehead atoms. The number of benzene rings is 3. The van der Waals surface area contributed by atoms with Crippen LogP contribution in [0, 0.1) is 11.3 Å². The maximum atomic E-state index is 9.06. The minimum Gasteiger partial charge on any atom is -0.192 e. The lowest BCUT2D eigenvalue weighted by Crippen LogP contribution is -1.83. The van der Waals surface area contributed by atoms with Crippen LogP contribution >= 0.6 is 15.9 Å². The molecule has 0 heterocycles. The van der Waals surface area contributed by atoms with E-state index in [-0.39, 0.29) is 0 Å². The van der Waals surface area contributed by atoms with Crippen LogP contribution in [-0.2, 0) is 0 Å². The predicted octanol–water partition coefficient (Wildman–Crippen LogP) is 5.65. The van der Waals surface area contributed by atoms with Gasteiger partial charge in [-0.1, -0.05) is 70.5 Å². The smallest absolute Gasteiger partial charge is 0.0992 e. The first-order valence-corrected chi connectivity index (χ1v) is 7.42. The molecule has 0 aliphatic rings. The van der Waals surface area contributed by atoms with Crippen LogP contribution in [0.4, 0.5) is 0 Å². The van der Waals surface area contributed by atoms with Crippen molar-refractivity contribution >= 4 is 15.9 Å². The first-order valence-electron chi connectivity index (χ1n) is 6.63. The Balaban J connectivity index is 1.98. The Morgan fingerprint density at radius 3 is 1.86 bits per heavy atom. The van der Waals surface area contributed by atoms with E-state index in [9.17, 15) is 0 Å². The van der Waals surface area contributed by atoms with Gasteiger partial charge in [0.15, 0.2) is 0 Å². The average Bonchev–Trinajstić information content (AvgIpc) is 2.55. The molecule has 0 aromatic heterocycles. The molecule has 3 rings (SSSR count). The van der Waals surface area contributed by atoms with Crippen molar-refractivity contribution in [3.63, 3.8) is 0 Å². The third kappa shape index (κ3) is 3.04. The van der Waals surface area contributed by atoms with Gasteiger partial charge in [-0.3, -0.25) is 0 Å². The van der Waals surface area contributed by atoms with Crippen molar-refractivity contribution in [2.45, 2.75) is 0 Å². The molecule has 0 aliphatic heterocycles. The summed E-state index contributed by atoms with van der Waals surface area (Å²) in [6.07, 6.45) is 0. The molecule has 0 radical (unpaired) electrons. The number of nitriles is 1. The summed E-state index contributed by atoms with van der Waals surface area (Å²) in [4.78, 5) is 0. The summed E-state index contributed by atoms with van der Waals surface area (Å²) < 4.78 is 0.920. The summed E-state index contributed by atoms with van der Waals surface area (Å²) in [7, 11) is 0. The molecule has 21 heavy (non-hydrogen) atoms. The summed E-state index contributed by atoms with van der Waals surface area (Å²) in [5.74, 6) is 0. The Bertz CT molecular complexity index is 799. The Morgan fingerprint density at radius 2 is 1.24 bits per heavy atom. The van der Waals surface area contributed by atoms with Gasteiger partial charge in [0.05, 0.1) is 11.6 Å². The summed E-state index contributed by atoms with van der Waals surface area (Å²) >= 11 is 3.45. The molecule has 0 saturated heterocycles. The van der Waals surface area contributed by atoms with Crippen LogP contribution in [0.5, 0.6) is 0 Å². The fourth-order valence-corrected chi connectivity index (χ4v) is 2.80. The van der Waals surface area contributed by atoms with E-state index in [0.29, 0.717) is 5.56 Å². The highest BCUT2D eigenvalue weighted by atomic mass is 79.9. The Hall–Kier alpha value is -2.37. The first-order chi connectivity index (χ1) is 10.3. The molecule has 2 heteroatoms. The van der Waals surface area contributed by atoms with Crippen LogP contribution in [0.3, 0.4) is 0 Å². The SMILES string of the molecule is N#Cc1cc(Br)cc(-c2ccc(-c3ccccc3)cc2)c1. The van der Waals surface area contributed by atoms with E-state index in [1.54, 1.807) is 0 Å². The number of rotatable bonds is 2. The maximum absolute atomic E-state index is 9.06. The molecule has 3 aromatic carbocycles. The summed E-state index contributed by atoms with van der Waals surface area (Å²) in [6, 6.07) is 26.6. The molecular formula is C19H12BrN. The molecule has 0 aliphatic carbocycles. The zero-order valence-electron chi connectivity index (χ0n) is 11.3. The third-order valence-electron chi connectivity index (χ3n) is 3.35. The van der Waals surface area contributed by atoms with E-state index in [1.807, 2.05) is 36.4 Å². The van der Waals surface area contributed by atoms with Gasteiger partial charge in [-0.2, -0.15) is 5.26 Å². The van der Waals surface area contributed by atoms with E-state index in [0.717, 1.165) is 15.6 Å². The largest absolute Gasteiger partial charge is 0.192 e. The molecule has 0 spiro atoms. The fraction of sp³-hybridized carbons (Fsp3) is 0. The lowest BCUT2D eigenvalue weighted by atomic mass is 9.99. The number of halogens is 1. The predicted molar refractivity (Wildman–Crippen MR) is 89.7 cm³/mol. The van der Waals surface area contributed by atoms with Crippen LogP contribution in [0.1, 0.15) is 5.56 Å². The van der Waals surface area contributed by atoms with E-state index in [2.05, 4.69) is 58.4 Å².